The summed E-state index contributed by atoms with van der Waals surface area (Å²) in [5.74, 6) is 1.17. The Morgan fingerprint density at radius 2 is 1.71 bits per heavy atom. The van der Waals surface area contributed by atoms with E-state index in [1.807, 2.05) is 6.92 Å². The van der Waals surface area contributed by atoms with E-state index < -0.39 is 11.5 Å². The molecule has 2 N–H and O–H groups in total. The number of carbonyl (C=O) groups is 1. The molecule has 4 nitrogen and oxygen atoms in total. The largest absolute Gasteiger partial charge is 0.480 e. The van der Waals surface area contributed by atoms with Gasteiger partial charge in [0, 0.05) is 19.1 Å². The molecule has 0 aromatic rings. The second-order valence-electron chi connectivity index (χ2n) is 7.81. The smallest absolute Gasteiger partial charge is 0.323 e. The minimum absolute atomic E-state index is 0.445. The zero-order valence-electron chi connectivity index (χ0n) is 13.3. The van der Waals surface area contributed by atoms with Crippen LogP contribution in [0.5, 0.6) is 0 Å². The third kappa shape index (κ3) is 4.96. The van der Waals surface area contributed by atoms with Gasteiger partial charge in [-0.1, -0.05) is 0 Å². The number of aliphatic carboxylic acids is 1. The van der Waals surface area contributed by atoms with E-state index in [-0.39, 0.29) is 0 Å². The monoisotopic (exact) mass is 294 g/mol. The third-order valence-electron chi connectivity index (χ3n) is 5.15. The van der Waals surface area contributed by atoms with Gasteiger partial charge >= 0.3 is 5.97 Å². The zero-order chi connectivity index (χ0) is 14.9. The lowest BCUT2D eigenvalue weighted by atomic mass is 9.95. The van der Waals surface area contributed by atoms with Crippen LogP contribution >= 0.6 is 0 Å². The lowest BCUT2D eigenvalue weighted by molar-refractivity contribution is -0.144. The Bertz CT molecular complexity index is 361. The molecule has 1 unspecified atom stereocenters. The maximum atomic E-state index is 11.6. The van der Waals surface area contributed by atoms with Crippen molar-refractivity contribution in [3.63, 3.8) is 0 Å². The molecule has 1 atom stereocenters. The SMILES string of the molecule is CC(CCCN(CC1CC1)CC1CC1)(NC1CC1)C(=O)O. The highest BCUT2D eigenvalue weighted by Crippen LogP contribution is 2.34. The fourth-order valence-corrected chi connectivity index (χ4v) is 3.16. The van der Waals surface area contributed by atoms with Crippen molar-refractivity contribution in [2.45, 2.75) is 69.9 Å². The van der Waals surface area contributed by atoms with Crippen LogP contribution in [-0.2, 0) is 4.79 Å². The van der Waals surface area contributed by atoms with Crippen molar-refractivity contribution < 1.29 is 9.90 Å². The summed E-state index contributed by atoms with van der Waals surface area (Å²) >= 11 is 0. The molecule has 21 heavy (non-hydrogen) atoms. The number of nitrogens with one attached hydrogen (secondary N) is 1. The van der Waals surface area contributed by atoms with Gasteiger partial charge in [0.05, 0.1) is 0 Å². The van der Waals surface area contributed by atoms with Crippen LogP contribution in [0.25, 0.3) is 0 Å². The normalized spacial score (nSPS) is 25.0. The van der Waals surface area contributed by atoms with E-state index in [1.165, 1.54) is 38.8 Å². The predicted octanol–water partition coefficient (Wildman–Crippen LogP) is 2.48. The van der Waals surface area contributed by atoms with Crippen LogP contribution in [0.2, 0.25) is 0 Å². The van der Waals surface area contributed by atoms with Crippen LogP contribution in [0.3, 0.4) is 0 Å². The average Bonchev–Trinajstić information content (AvgIpc) is 3.21. The Hall–Kier alpha value is -0.610. The molecule has 4 heteroatoms. The standard InChI is InChI=1S/C17H30N2O2/c1-17(16(20)21,18-15-7-8-15)9-2-10-19(11-13-3-4-13)12-14-5-6-14/h13-15,18H,2-12H2,1H3,(H,20,21). The van der Waals surface area contributed by atoms with Crippen molar-refractivity contribution in [1.29, 1.82) is 0 Å². The van der Waals surface area contributed by atoms with Crippen molar-refractivity contribution in [3.8, 4) is 0 Å². The molecule has 0 amide bonds. The summed E-state index contributed by atoms with van der Waals surface area (Å²) in [4.78, 5) is 14.2. The molecule has 120 valence electrons. The molecule has 0 bridgehead atoms. The first-order valence-electron chi connectivity index (χ1n) is 8.78. The summed E-state index contributed by atoms with van der Waals surface area (Å²) < 4.78 is 0. The minimum atomic E-state index is -0.730. The molecule has 0 radical (unpaired) electrons. The summed E-state index contributed by atoms with van der Waals surface area (Å²) in [6, 6.07) is 0.445. The van der Waals surface area contributed by atoms with Gasteiger partial charge < -0.3 is 10.0 Å². The van der Waals surface area contributed by atoms with Crippen LogP contribution in [0.15, 0.2) is 0 Å². The lowest BCUT2D eigenvalue weighted by Crippen LogP contribution is -2.51. The number of hydrogen-bond donors (Lipinski definition) is 2. The fourth-order valence-electron chi connectivity index (χ4n) is 3.16. The average molecular weight is 294 g/mol. The van der Waals surface area contributed by atoms with Gasteiger partial charge in [-0.2, -0.15) is 0 Å². The summed E-state index contributed by atoms with van der Waals surface area (Å²) in [5, 5.41) is 12.8. The number of hydrogen-bond acceptors (Lipinski definition) is 3. The van der Waals surface area contributed by atoms with Crippen LogP contribution in [-0.4, -0.2) is 47.2 Å². The lowest BCUT2D eigenvalue weighted by Gasteiger charge is -2.28. The van der Waals surface area contributed by atoms with E-state index in [9.17, 15) is 9.90 Å². The van der Waals surface area contributed by atoms with Crippen LogP contribution in [0.4, 0.5) is 0 Å². The maximum absolute atomic E-state index is 11.6. The van der Waals surface area contributed by atoms with Crippen molar-refractivity contribution in [2.24, 2.45) is 11.8 Å². The summed E-state index contributed by atoms with van der Waals surface area (Å²) in [6.45, 7) is 5.43. The molecule has 3 saturated carbocycles. The van der Waals surface area contributed by atoms with Gasteiger partial charge in [0.2, 0.25) is 0 Å². The first-order valence-corrected chi connectivity index (χ1v) is 8.78. The topological polar surface area (TPSA) is 52.6 Å². The molecule has 0 saturated heterocycles. The highest BCUT2D eigenvalue weighted by molar-refractivity contribution is 5.78. The molecule has 3 rings (SSSR count). The van der Waals surface area contributed by atoms with Crippen LogP contribution in [0.1, 0.15) is 58.3 Å². The second kappa shape index (κ2) is 6.25. The molecule has 3 fully saturated rings. The van der Waals surface area contributed by atoms with Crippen molar-refractivity contribution >= 4 is 5.97 Å². The van der Waals surface area contributed by atoms with E-state index in [1.54, 1.807) is 0 Å². The van der Waals surface area contributed by atoms with Crippen molar-refractivity contribution in [3.05, 3.63) is 0 Å². The number of carboxylic acid groups (broad SMARTS) is 1. The Morgan fingerprint density at radius 1 is 1.14 bits per heavy atom. The summed E-state index contributed by atoms with van der Waals surface area (Å²) in [7, 11) is 0. The van der Waals surface area contributed by atoms with E-state index in [0.29, 0.717) is 6.04 Å². The molecular weight excluding hydrogens is 264 g/mol. The first kappa shape index (κ1) is 15.3. The van der Waals surface area contributed by atoms with Gasteiger partial charge in [0.15, 0.2) is 0 Å². The predicted molar refractivity (Wildman–Crippen MR) is 83.3 cm³/mol. The molecule has 3 aliphatic rings. The van der Waals surface area contributed by atoms with Gasteiger partial charge in [-0.3, -0.25) is 10.1 Å². The van der Waals surface area contributed by atoms with E-state index >= 15 is 0 Å². The molecule has 0 aromatic carbocycles. The van der Waals surface area contributed by atoms with Crippen molar-refractivity contribution in [2.75, 3.05) is 19.6 Å². The van der Waals surface area contributed by atoms with Gasteiger partial charge in [-0.25, -0.2) is 0 Å². The molecule has 3 aliphatic carbocycles. The molecule has 0 aromatic heterocycles. The molecule has 0 heterocycles. The quantitative estimate of drug-likeness (QED) is 0.615. The molecule has 0 spiro atoms. The maximum Gasteiger partial charge on any atom is 0.323 e. The highest BCUT2D eigenvalue weighted by Gasteiger charge is 2.38. The highest BCUT2D eigenvalue weighted by atomic mass is 16.4. The zero-order valence-corrected chi connectivity index (χ0v) is 13.3. The van der Waals surface area contributed by atoms with Crippen molar-refractivity contribution in [1.82, 2.24) is 10.2 Å². The summed E-state index contributed by atoms with van der Waals surface area (Å²) in [5.41, 5.74) is -0.730. The minimum Gasteiger partial charge on any atom is -0.480 e. The van der Waals surface area contributed by atoms with E-state index in [4.69, 9.17) is 0 Å². The fraction of sp³-hybridized carbons (Fsp3) is 0.941. The Labute approximate surface area is 128 Å². The van der Waals surface area contributed by atoms with Gasteiger partial charge in [0.1, 0.15) is 5.54 Å². The summed E-state index contributed by atoms with van der Waals surface area (Å²) in [6.07, 6.45) is 9.60. The van der Waals surface area contributed by atoms with E-state index in [0.717, 1.165) is 44.1 Å². The molecular formula is C17H30N2O2. The van der Waals surface area contributed by atoms with Gasteiger partial charge in [-0.05, 0) is 76.7 Å². The Morgan fingerprint density at radius 3 is 2.14 bits per heavy atom. The van der Waals surface area contributed by atoms with Crippen LogP contribution in [0, 0.1) is 11.8 Å². The van der Waals surface area contributed by atoms with E-state index in [2.05, 4.69) is 10.2 Å². The molecule has 0 aliphatic heterocycles. The second-order valence-corrected chi connectivity index (χ2v) is 7.81. The Balaban J connectivity index is 1.43. The first-order chi connectivity index (χ1) is 10.0. The number of carboxylic acids is 1. The Kier molecular flexibility index (Phi) is 4.55. The van der Waals surface area contributed by atoms with Gasteiger partial charge in [-0.15, -0.1) is 0 Å². The third-order valence-corrected chi connectivity index (χ3v) is 5.15. The van der Waals surface area contributed by atoms with Gasteiger partial charge in [0.25, 0.3) is 0 Å². The van der Waals surface area contributed by atoms with Crippen LogP contribution < -0.4 is 5.32 Å². The number of rotatable bonds is 11. The number of nitrogens with zero attached hydrogens (tertiary/aromatic N) is 1.